The Morgan fingerprint density at radius 1 is 1.56 bits per heavy atom. The fraction of sp³-hybridized carbons (Fsp3) is 0.500. The molecule has 2 amide bonds. The number of nitrogens with zero attached hydrogens (tertiary/aromatic N) is 1. The van der Waals surface area contributed by atoms with Crippen LogP contribution in [0.1, 0.15) is 20.8 Å². The Labute approximate surface area is 115 Å². The highest BCUT2D eigenvalue weighted by atomic mass is 79.9. The number of urea groups is 1. The smallest absolute Gasteiger partial charge is 0.319 e. The largest absolute Gasteiger partial charge is 0.394 e. The average molecular weight is 316 g/mol. The van der Waals surface area contributed by atoms with Gasteiger partial charge < -0.3 is 15.7 Å². The van der Waals surface area contributed by atoms with Gasteiger partial charge in [0.25, 0.3) is 0 Å². The average Bonchev–Trinajstić information content (AvgIpc) is 2.24. The van der Waals surface area contributed by atoms with Gasteiger partial charge in [0.1, 0.15) is 4.60 Å². The van der Waals surface area contributed by atoms with Crippen LogP contribution in [0.2, 0.25) is 0 Å². The highest BCUT2D eigenvalue weighted by Crippen LogP contribution is 2.19. The highest BCUT2D eigenvalue weighted by Gasteiger charge is 2.25. The maximum atomic E-state index is 11.8. The SMILES string of the molecule is CC(C)(C)C(CO)NC(=O)Nc1ccnc(Br)c1. The van der Waals surface area contributed by atoms with E-state index in [1.54, 1.807) is 18.3 Å². The molecule has 0 radical (unpaired) electrons. The number of anilines is 1. The Morgan fingerprint density at radius 2 is 2.22 bits per heavy atom. The second-order valence-corrected chi connectivity index (χ2v) is 5.88. The topological polar surface area (TPSA) is 74.2 Å². The Kier molecular flexibility index (Phi) is 5.10. The monoisotopic (exact) mass is 315 g/mol. The predicted molar refractivity (Wildman–Crippen MR) is 74.4 cm³/mol. The van der Waals surface area contributed by atoms with Crippen molar-refractivity contribution in [3.63, 3.8) is 0 Å². The molecule has 6 heteroatoms. The molecule has 0 aliphatic rings. The summed E-state index contributed by atoms with van der Waals surface area (Å²) < 4.78 is 0.648. The van der Waals surface area contributed by atoms with Crippen LogP contribution in [-0.4, -0.2) is 28.8 Å². The minimum atomic E-state index is -0.345. The number of halogens is 1. The van der Waals surface area contributed by atoms with Gasteiger partial charge in [-0.1, -0.05) is 20.8 Å². The maximum absolute atomic E-state index is 11.8. The van der Waals surface area contributed by atoms with E-state index < -0.39 is 0 Å². The van der Waals surface area contributed by atoms with Crippen LogP contribution in [0.15, 0.2) is 22.9 Å². The van der Waals surface area contributed by atoms with Crippen LogP contribution in [0.25, 0.3) is 0 Å². The van der Waals surface area contributed by atoms with Gasteiger partial charge in [-0.05, 0) is 33.5 Å². The van der Waals surface area contributed by atoms with Gasteiger partial charge in [0.2, 0.25) is 0 Å². The standard InChI is InChI=1S/C12H18BrN3O2/c1-12(2,3)9(7-17)16-11(18)15-8-4-5-14-10(13)6-8/h4-6,9,17H,7H2,1-3H3,(H2,14,15,16,18). The Balaban J connectivity index is 2.61. The first-order valence-corrected chi connectivity index (χ1v) is 6.42. The van der Waals surface area contributed by atoms with Crippen molar-refractivity contribution >= 4 is 27.6 Å². The molecule has 0 spiro atoms. The van der Waals surface area contributed by atoms with Crippen LogP contribution in [0.3, 0.4) is 0 Å². The molecular formula is C12H18BrN3O2. The lowest BCUT2D eigenvalue weighted by Crippen LogP contribution is -2.47. The third-order valence-electron chi connectivity index (χ3n) is 2.52. The lowest BCUT2D eigenvalue weighted by molar-refractivity contribution is 0.162. The summed E-state index contributed by atoms with van der Waals surface area (Å²) in [6.45, 7) is 5.77. The number of rotatable bonds is 3. The Hall–Kier alpha value is -1.14. The molecule has 100 valence electrons. The van der Waals surface area contributed by atoms with Gasteiger partial charge >= 0.3 is 6.03 Å². The fourth-order valence-electron chi connectivity index (χ4n) is 1.34. The van der Waals surface area contributed by atoms with Gasteiger partial charge in [-0.15, -0.1) is 0 Å². The molecular weight excluding hydrogens is 298 g/mol. The van der Waals surface area contributed by atoms with Crippen molar-refractivity contribution in [3.8, 4) is 0 Å². The number of hydrogen-bond acceptors (Lipinski definition) is 3. The number of carbonyl (C=O) groups excluding carboxylic acids is 1. The summed E-state index contributed by atoms with van der Waals surface area (Å²) in [6.07, 6.45) is 1.59. The molecule has 0 aromatic carbocycles. The third-order valence-corrected chi connectivity index (χ3v) is 2.95. The number of amides is 2. The first-order chi connectivity index (χ1) is 8.32. The molecule has 0 fully saturated rings. The van der Waals surface area contributed by atoms with Gasteiger partial charge in [0, 0.05) is 11.9 Å². The second-order valence-electron chi connectivity index (χ2n) is 5.07. The zero-order valence-corrected chi connectivity index (χ0v) is 12.3. The molecule has 1 heterocycles. The number of aliphatic hydroxyl groups is 1. The van der Waals surface area contributed by atoms with Gasteiger partial charge in [-0.3, -0.25) is 0 Å². The summed E-state index contributed by atoms with van der Waals surface area (Å²) >= 11 is 3.23. The number of hydrogen-bond donors (Lipinski definition) is 3. The molecule has 0 saturated carbocycles. The minimum Gasteiger partial charge on any atom is -0.394 e. The van der Waals surface area contributed by atoms with E-state index in [4.69, 9.17) is 0 Å². The van der Waals surface area contributed by atoms with Crippen LogP contribution < -0.4 is 10.6 Å². The molecule has 5 nitrogen and oxygen atoms in total. The van der Waals surface area contributed by atoms with E-state index in [2.05, 4.69) is 31.5 Å². The summed E-state index contributed by atoms with van der Waals surface area (Å²) in [5.74, 6) is 0. The molecule has 1 rings (SSSR count). The van der Waals surface area contributed by atoms with Gasteiger partial charge in [-0.2, -0.15) is 0 Å². The quantitative estimate of drug-likeness (QED) is 0.750. The molecule has 1 unspecified atom stereocenters. The maximum Gasteiger partial charge on any atom is 0.319 e. The van der Waals surface area contributed by atoms with E-state index >= 15 is 0 Å². The van der Waals surface area contributed by atoms with Crippen molar-refractivity contribution in [2.45, 2.75) is 26.8 Å². The number of aromatic nitrogens is 1. The summed E-state index contributed by atoms with van der Waals surface area (Å²) in [4.78, 5) is 15.7. The van der Waals surface area contributed by atoms with Crippen LogP contribution in [-0.2, 0) is 0 Å². The molecule has 0 aliphatic heterocycles. The van der Waals surface area contributed by atoms with Crippen LogP contribution >= 0.6 is 15.9 Å². The summed E-state index contributed by atoms with van der Waals surface area (Å²) in [6, 6.07) is 2.74. The van der Waals surface area contributed by atoms with Crippen molar-refractivity contribution in [2.75, 3.05) is 11.9 Å². The van der Waals surface area contributed by atoms with Crippen molar-refractivity contribution < 1.29 is 9.90 Å². The molecule has 1 atom stereocenters. The number of nitrogens with one attached hydrogen (secondary N) is 2. The van der Waals surface area contributed by atoms with Gasteiger partial charge in [0.15, 0.2) is 0 Å². The normalized spacial score (nSPS) is 12.9. The van der Waals surface area contributed by atoms with E-state index in [-0.39, 0.29) is 24.1 Å². The third kappa shape index (κ3) is 4.62. The highest BCUT2D eigenvalue weighted by molar-refractivity contribution is 9.10. The Bertz CT molecular complexity index is 418. The molecule has 1 aromatic rings. The predicted octanol–water partition coefficient (Wildman–Crippen LogP) is 2.37. The molecule has 3 N–H and O–H groups in total. The van der Waals surface area contributed by atoms with E-state index in [1.165, 1.54) is 0 Å². The van der Waals surface area contributed by atoms with Gasteiger partial charge in [0.05, 0.1) is 12.6 Å². The van der Waals surface area contributed by atoms with E-state index in [9.17, 15) is 9.90 Å². The van der Waals surface area contributed by atoms with E-state index in [0.29, 0.717) is 10.3 Å². The van der Waals surface area contributed by atoms with Crippen molar-refractivity contribution in [2.24, 2.45) is 5.41 Å². The zero-order valence-electron chi connectivity index (χ0n) is 10.7. The Morgan fingerprint density at radius 3 is 2.72 bits per heavy atom. The second kappa shape index (κ2) is 6.15. The zero-order chi connectivity index (χ0) is 13.8. The van der Waals surface area contributed by atoms with Crippen LogP contribution in [0.4, 0.5) is 10.5 Å². The summed E-state index contributed by atoms with van der Waals surface area (Å²) in [7, 11) is 0. The number of pyridine rings is 1. The van der Waals surface area contributed by atoms with Crippen LogP contribution in [0, 0.1) is 5.41 Å². The van der Waals surface area contributed by atoms with Crippen molar-refractivity contribution in [1.82, 2.24) is 10.3 Å². The number of carbonyl (C=O) groups is 1. The molecule has 0 bridgehead atoms. The molecule has 18 heavy (non-hydrogen) atoms. The molecule has 0 aliphatic carbocycles. The fourth-order valence-corrected chi connectivity index (χ4v) is 1.71. The van der Waals surface area contributed by atoms with Crippen molar-refractivity contribution in [1.29, 1.82) is 0 Å². The summed E-state index contributed by atoms with van der Waals surface area (Å²) in [5.41, 5.74) is 0.435. The molecule has 0 saturated heterocycles. The molecule has 1 aromatic heterocycles. The lowest BCUT2D eigenvalue weighted by atomic mass is 9.87. The van der Waals surface area contributed by atoms with E-state index in [1.807, 2.05) is 20.8 Å². The first-order valence-electron chi connectivity index (χ1n) is 5.63. The summed E-state index contributed by atoms with van der Waals surface area (Å²) in [5, 5.41) is 14.7. The van der Waals surface area contributed by atoms with Crippen molar-refractivity contribution in [3.05, 3.63) is 22.9 Å². The lowest BCUT2D eigenvalue weighted by Gasteiger charge is -2.29. The first kappa shape index (κ1) is 14.9. The van der Waals surface area contributed by atoms with Crippen LogP contribution in [0.5, 0.6) is 0 Å². The van der Waals surface area contributed by atoms with E-state index in [0.717, 1.165) is 0 Å². The minimum absolute atomic E-state index is 0.100. The number of aliphatic hydroxyl groups excluding tert-OH is 1. The van der Waals surface area contributed by atoms with Gasteiger partial charge in [-0.25, -0.2) is 9.78 Å².